The van der Waals surface area contributed by atoms with Crippen molar-refractivity contribution in [3.63, 3.8) is 0 Å². The number of quaternary nitrogens is 1. The smallest absolute Gasteiger partial charge is 0.191 e. The summed E-state index contributed by atoms with van der Waals surface area (Å²) in [6, 6.07) is 23.9. The number of ether oxygens (including phenoxy) is 1. The van der Waals surface area contributed by atoms with Gasteiger partial charge in [0.05, 0.1) is 42.5 Å². The van der Waals surface area contributed by atoms with Gasteiger partial charge in [0.1, 0.15) is 12.3 Å². The third-order valence-electron chi connectivity index (χ3n) is 6.64. The van der Waals surface area contributed by atoms with E-state index in [1.807, 2.05) is 0 Å². The molecule has 1 aromatic heterocycles. The highest BCUT2D eigenvalue weighted by Crippen LogP contribution is 2.47. The first kappa shape index (κ1) is 18.2. The summed E-state index contributed by atoms with van der Waals surface area (Å²) < 4.78 is 6.76. The van der Waals surface area contributed by atoms with Crippen molar-refractivity contribution in [1.82, 2.24) is 10.4 Å². The maximum absolute atomic E-state index is 6.76. The van der Waals surface area contributed by atoms with Gasteiger partial charge in [-0.15, -0.1) is 11.3 Å². The molecule has 2 N–H and O–H groups in total. The normalized spacial score (nSPS) is 27.7. The maximum atomic E-state index is 6.76. The molecular formula is C25H26N3OS+. The molecule has 0 bridgehead atoms. The van der Waals surface area contributed by atoms with E-state index < -0.39 is 0 Å². The summed E-state index contributed by atoms with van der Waals surface area (Å²) in [5.74, 6) is 1.04. The van der Waals surface area contributed by atoms with Gasteiger partial charge in [-0.1, -0.05) is 54.6 Å². The van der Waals surface area contributed by atoms with Crippen molar-refractivity contribution in [3.05, 3.63) is 94.2 Å². The highest BCUT2D eigenvalue weighted by atomic mass is 32.1. The van der Waals surface area contributed by atoms with Gasteiger partial charge in [0.25, 0.3) is 0 Å². The lowest BCUT2D eigenvalue weighted by Crippen LogP contribution is -3.12. The van der Waals surface area contributed by atoms with Crippen LogP contribution in [0.1, 0.15) is 34.9 Å². The number of hydrogen-bond donors (Lipinski definition) is 2. The van der Waals surface area contributed by atoms with E-state index in [2.05, 4.69) is 88.6 Å². The predicted molar refractivity (Wildman–Crippen MR) is 120 cm³/mol. The van der Waals surface area contributed by atoms with Crippen LogP contribution in [0.4, 0.5) is 0 Å². The SMILES string of the molecule is C1=C(c2cccs2)NN2[C@H]1c1ccccc1OC21CC[NH+](Cc2ccccc2)CC1. The second kappa shape index (κ2) is 7.27. The van der Waals surface area contributed by atoms with Gasteiger partial charge in [-0.05, 0) is 23.6 Å². The van der Waals surface area contributed by atoms with Crippen molar-refractivity contribution < 1.29 is 9.64 Å². The molecule has 2 aromatic carbocycles. The fourth-order valence-electron chi connectivity index (χ4n) is 5.09. The molecule has 0 aliphatic carbocycles. The summed E-state index contributed by atoms with van der Waals surface area (Å²) >= 11 is 1.78. The zero-order valence-corrected chi connectivity index (χ0v) is 17.7. The number of hydrogen-bond acceptors (Lipinski definition) is 4. The molecule has 1 saturated heterocycles. The number of para-hydroxylation sites is 1. The van der Waals surface area contributed by atoms with Gasteiger partial charge in [0.2, 0.25) is 0 Å². The van der Waals surface area contributed by atoms with E-state index in [-0.39, 0.29) is 11.8 Å². The standard InChI is InChI=1S/C25H25N3OS/c1-2-7-19(8-3-1)18-27-14-12-25(13-15-27)28-22(20-9-4-5-10-23(20)29-25)17-21(26-28)24-11-6-16-30-24/h1-11,16-17,22,26H,12-15,18H2/p+1/t22-/m1/s1. The Kier molecular flexibility index (Phi) is 4.41. The minimum Gasteiger partial charge on any atom is -0.470 e. The quantitative estimate of drug-likeness (QED) is 0.683. The molecule has 0 unspecified atom stereocenters. The Hall–Kier alpha value is -2.60. The molecule has 152 valence electrons. The van der Waals surface area contributed by atoms with Crippen LogP contribution in [0.2, 0.25) is 0 Å². The van der Waals surface area contributed by atoms with Crippen LogP contribution in [-0.2, 0) is 6.54 Å². The van der Waals surface area contributed by atoms with Gasteiger partial charge in [-0.25, -0.2) is 0 Å². The van der Waals surface area contributed by atoms with Crippen molar-refractivity contribution in [1.29, 1.82) is 0 Å². The van der Waals surface area contributed by atoms with E-state index in [0.29, 0.717) is 0 Å². The number of rotatable bonds is 3. The number of nitrogens with one attached hydrogen (secondary N) is 2. The van der Waals surface area contributed by atoms with Crippen LogP contribution < -0.4 is 15.1 Å². The van der Waals surface area contributed by atoms with Gasteiger partial charge in [-0.3, -0.25) is 0 Å². The minimum absolute atomic E-state index is 0.211. The number of fused-ring (bicyclic) bond motifs is 4. The Morgan fingerprint density at radius 2 is 1.80 bits per heavy atom. The lowest BCUT2D eigenvalue weighted by Gasteiger charge is -2.50. The summed E-state index contributed by atoms with van der Waals surface area (Å²) in [6.07, 6.45) is 4.40. The van der Waals surface area contributed by atoms with E-state index in [4.69, 9.17) is 4.74 Å². The number of piperidine rings is 1. The predicted octanol–water partition coefficient (Wildman–Crippen LogP) is 3.62. The van der Waals surface area contributed by atoms with E-state index >= 15 is 0 Å². The molecule has 0 amide bonds. The Morgan fingerprint density at radius 3 is 2.60 bits per heavy atom. The van der Waals surface area contributed by atoms with Crippen molar-refractivity contribution in [2.75, 3.05) is 13.1 Å². The van der Waals surface area contributed by atoms with Crippen LogP contribution in [-0.4, -0.2) is 23.8 Å². The Bertz CT molecular complexity index is 1060. The van der Waals surface area contributed by atoms with Crippen molar-refractivity contribution in [2.24, 2.45) is 0 Å². The third-order valence-corrected chi connectivity index (χ3v) is 7.55. The molecule has 4 nitrogen and oxygen atoms in total. The number of likely N-dealkylation sites (tertiary alicyclic amines) is 1. The average molecular weight is 417 g/mol. The first-order valence-electron chi connectivity index (χ1n) is 10.8. The van der Waals surface area contributed by atoms with Gasteiger partial charge in [0.15, 0.2) is 5.72 Å². The first-order chi connectivity index (χ1) is 14.8. The Morgan fingerprint density at radius 1 is 1.00 bits per heavy atom. The zero-order valence-electron chi connectivity index (χ0n) is 16.9. The summed E-state index contributed by atoms with van der Waals surface area (Å²) in [5.41, 5.74) is 7.30. The Balaban J connectivity index is 1.28. The van der Waals surface area contributed by atoms with Gasteiger partial charge in [-0.2, -0.15) is 5.01 Å². The van der Waals surface area contributed by atoms with E-state index in [1.54, 1.807) is 16.2 Å². The van der Waals surface area contributed by atoms with Gasteiger partial charge < -0.3 is 15.1 Å². The fraction of sp³-hybridized carbons (Fsp3) is 0.280. The van der Waals surface area contributed by atoms with Crippen LogP contribution in [0, 0.1) is 0 Å². The number of hydrazine groups is 1. The molecule has 1 atom stereocenters. The fourth-order valence-corrected chi connectivity index (χ4v) is 5.79. The van der Waals surface area contributed by atoms with Crippen molar-refractivity contribution in [3.8, 4) is 5.75 Å². The summed E-state index contributed by atoms with van der Waals surface area (Å²) in [4.78, 5) is 2.92. The molecule has 4 heterocycles. The van der Waals surface area contributed by atoms with Crippen LogP contribution >= 0.6 is 11.3 Å². The van der Waals surface area contributed by atoms with Crippen LogP contribution in [0.3, 0.4) is 0 Å². The summed E-state index contributed by atoms with van der Waals surface area (Å²) in [6.45, 7) is 3.30. The molecule has 30 heavy (non-hydrogen) atoms. The molecular weight excluding hydrogens is 390 g/mol. The van der Waals surface area contributed by atoms with Gasteiger partial charge in [0, 0.05) is 11.1 Å². The molecule has 6 rings (SSSR count). The highest BCUT2D eigenvalue weighted by molar-refractivity contribution is 7.11. The largest absolute Gasteiger partial charge is 0.470 e. The second-order valence-corrected chi connectivity index (χ2v) is 9.43. The molecule has 1 fully saturated rings. The Labute approximate surface area is 181 Å². The number of benzene rings is 2. The topological polar surface area (TPSA) is 28.9 Å². The molecule has 5 heteroatoms. The third kappa shape index (κ3) is 3.05. The maximum Gasteiger partial charge on any atom is 0.191 e. The second-order valence-electron chi connectivity index (χ2n) is 8.48. The molecule has 1 spiro atoms. The van der Waals surface area contributed by atoms with Crippen molar-refractivity contribution >= 4 is 17.0 Å². The summed E-state index contributed by atoms with van der Waals surface area (Å²) in [5, 5.41) is 4.53. The number of thiophene rings is 1. The van der Waals surface area contributed by atoms with Crippen LogP contribution in [0.15, 0.2) is 78.2 Å². The lowest BCUT2D eigenvalue weighted by molar-refractivity contribution is -0.921. The highest BCUT2D eigenvalue weighted by Gasteiger charge is 2.52. The van der Waals surface area contributed by atoms with Gasteiger partial charge >= 0.3 is 0 Å². The van der Waals surface area contributed by atoms with E-state index in [1.165, 1.54) is 21.7 Å². The summed E-state index contributed by atoms with van der Waals surface area (Å²) in [7, 11) is 0. The molecule has 3 aliphatic rings. The van der Waals surface area contributed by atoms with Crippen LogP contribution in [0.5, 0.6) is 5.75 Å². The van der Waals surface area contributed by atoms with Crippen molar-refractivity contribution in [2.45, 2.75) is 31.2 Å². The molecule has 0 saturated carbocycles. The van der Waals surface area contributed by atoms with E-state index in [0.717, 1.165) is 38.2 Å². The number of nitrogens with zero attached hydrogens (tertiary/aromatic N) is 1. The zero-order chi connectivity index (χ0) is 20.0. The van der Waals surface area contributed by atoms with Crippen LogP contribution in [0.25, 0.3) is 5.70 Å². The monoisotopic (exact) mass is 416 g/mol. The lowest BCUT2D eigenvalue weighted by atomic mass is 9.92. The average Bonchev–Trinajstić information content (AvgIpc) is 3.47. The van der Waals surface area contributed by atoms with E-state index in [9.17, 15) is 0 Å². The first-order valence-corrected chi connectivity index (χ1v) is 11.7. The minimum atomic E-state index is -0.297. The molecule has 3 aromatic rings. The molecule has 3 aliphatic heterocycles. The molecule has 0 radical (unpaired) electrons.